The lowest BCUT2D eigenvalue weighted by atomic mass is 9.89. The van der Waals surface area contributed by atoms with Crippen molar-refractivity contribution in [3.63, 3.8) is 0 Å². The third-order valence-corrected chi connectivity index (χ3v) is 3.97. The molecule has 0 aliphatic carbocycles. The van der Waals surface area contributed by atoms with Gasteiger partial charge in [0.2, 0.25) is 0 Å². The molecule has 1 saturated heterocycles. The van der Waals surface area contributed by atoms with E-state index in [0.29, 0.717) is 31.2 Å². The van der Waals surface area contributed by atoms with Crippen molar-refractivity contribution in [2.45, 2.75) is 6.92 Å². The zero-order valence-corrected chi connectivity index (χ0v) is 11.3. The monoisotopic (exact) mass is 278 g/mol. The van der Waals surface area contributed by atoms with Gasteiger partial charge in [0.05, 0.1) is 18.1 Å². The summed E-state index contributed by atoms with van der Waals surface area (Å²) < 4.78 is 10.3. The highest BCUT2D eigenvalue weighted by atomic mass is 32.1. The van der Waals surface area contributed by atoms with Crippen LogP contribution in [-0.4, -0.2) is 30.8 Å². The van der Waals surface area contributed by atoms with E-state index in [1.807, 2.05) is 17.5 Å². The van der Waals surface area contributed by atoms with Gasteiger partial charge in [-0.2, -0.15) is 0 Å². The first kappa shape index (κ1) is 12.4. The van der Waals surface area contributed by atoms with E-state index < -0.39 is 0 Å². The van der Waals surface area contributed by atoms with E-state index in [9.17, 15) is 4.79 Å². The Morgan fingerprint density at radius 3 is 3.05 bits per heavy atom. The van der Waals surface area contributed by atoms with Crippen LogP contribution in [-0.2, 0) is 4.74 Å². The number of ether oxygens (including phenoxy) is 1. The SMILES string of the molecule is CC1(CNC(=O)c2cc(-c3cccs3)on2)COC1. The molecule has 5 nitrogen and oxygen atoms in total. The molecule has 1 amide bonds. The summed E-state index contributed by atoms with van der Waals surface area (Å²) in [5.41, 5.74) is 0.364. The standard InChI is InChI=1S/C13H14N2O3S/c1-13(7-17-8-13)6-14-12(16)9-5-10(18-15-9)11-3-2-4-19-11/h2-5H,6-8H2,1H3,(H,14,16). The van der Waals surface area contributed by atoms with Crippen LogP contribution in [0.25, 0.3) is 10.6 Å². The minimum absolute atomic E-state index is 0.0516. The molecule has 0 saturated carbocycles. The first-order valence-corrected chi connectivity index (χ1v) is 6.91. The molecule has 1 N–H and O–H groups in total. The highest BCUT2D eigenvalue weighted by Crippen LogP contribution is 2.26. The van der Waals surface area contributed by atoms with Crippen LogP contribution in [0.4, 0.5) is 0 Å². The quantitative estimate of drug-likeness (QED) is 0.931. The second-order valence-electron chi connectivity index (χ2n) is 5.04. The van der Waals surface area contributed by atoms with Crippen molar-refractivity contribution in [1.29, 1.82) is 0 Å². The van der Waals surface area contributed by atoms with E-state index >= 15 is 0 Å². The second-order valence-corrected chi connectivity index (χ2v) is 5.99. The smallest absolute Gasteiger partial charge is 0.273 e. The number of hydrogen-bond acceptors (Lipinski definition) is 5. The van der Waals surface area contributed by atoms with Crippen LogP contribution in [0.2, 0.25) is 0 Å². The predicted octanol–water partition coefficient (Wildman–Crippen LogP) is 2.17. The van der Waals surface area contributed by atoms with Gasteiger partial charge in [-0.05, 0) is 11.4 Å². The lowest BCUT2D eigenvalue weighted by Gasteiger charge is -2.37. The maximum Gasteiger partial charge on any atom is 0.273 e. The number of rotatable bonds is 4. The summed E-state index contributed by atoms with van der Waals surface area (Å²) >= 11 is 1.55. The average molecular weight is 278 g/mol. The number of nitrogens with one attached hydrogen (secondary N) is 1. The Morgan fingerprint density at radius 1 is 1.58 bits per heavy atom. The fourth-order valence-electron chi connectivity index (χ4n) is 1.85. The van der Waals surface area contributed by atoms with Crippen LogP contribution in [0.15, 0.2) is 28.1 Å². The number of thiophene rings is 1. The molecule has 19 heavy (non-hydrogen) atoms. The Kier molecular flexibility index (Phi) is 3.12. The predicted molar refractivity (Wildman–Crippen MR) is 71.1 cm³/mol. The Labute approximate surface area is 114 Å². The van der Waals surface area contributed by atoms with Crippen LogP contribution >= 0.6 is 11.3 Å². The molecule has 100 valence electrons. The number of hydrogen-bond donors (Lipinski definition) is 1. The van der Waals surface area contributed by atoms with E-state index in [4.69, 9.17) is 9.26 Å². The molecular formula is C13H14N2O3S. The van der Waals surface area contributed by atoms with Gasteiger partial charge in [0.25, 0.3) is 5.91 Å². The van der Waals surface area contributed by atoms with Gasteiger partial charge in [0, 0.05) is 18.0 Å². The summed E-state index contributed by atoms with van der Waals surface area (Å²) in [7, 11) is 0. The van der Waals surface area contributed by atoms with Gasteiger partial charge in [-0.25, -0.2) is 0 Å². The van der Waals surface area contributed by atoms with Crippen LogP contribution < -0.4 is 5.32 Å². The number of nitrogens with zero attached hydrogens (tertiary/aromatic N) is 1. The molecule has 0 spiro atoms. The van der Waals surface area contributed by atoms with E-state index in [2.05, 4.69) is 17.4 Å². The first-order valence-electron chi connectivity index (χ1n) is 6.03. The Bertz CT molecular complexity index is 572. The third kappa shape index (κ3) is 2.54. The van der Waals surface area contributed by atoms with Crippen LogP contribution in [0.1, 0.15) is 17.4 Å². The highest BCUT2D eigenvalue weighted by Gasteiger charge is 2.33. The molecule has 0 aromatic carbocycles. The van der Waals surface area contributed by atoms with Crippen LogP contribution in [0.3, 0.4) is 0 Å². The number of aromatic nitrogens is 1. The molecule has 1 fully saturated rings. The van der Waals surface area contributed by atoms with Crippen LogP contribution in [0, 0.1) is 5.41 Å². The maximum absolute atomic E-state index is 11.9. The van der Waals surface area contributed by atoms with Gasteiger partial charge in [0.15, 0.2) is 11.5 Å². The van der Waals surface area contributed by atoms with E-state index in [-0.39, 0.29) is 11.3 Å². The van der Waals surface area contributed by atoms with E-state index in [0.717, 1.165) is 4.88 Å². The minimum atomic E-state index is -0.209. The van der Waals surface area contributed by atoms with Crippen molar-refractivity contribution in [2.75, 3.05) is 19.8 Å². The Morgan fingerprint density at radius 2 is 2.42 bits per heavy atom. The van der Waals surface area contributed by atoms with Gasteiger partial charge >= 0.3 is 0 Å². The van der Waals surface area contributed by atoms with Gasteiger partial charge in [0.1, 0.15) is 0 Å². The molecule has 1 aliphatic heterocycles. The molecule has 2 aromatic rings. The summed E-state index contributed by atoms with van der Waals surface area (Å²) in [5, 5.41) is 8.62. The Balaban J connectivity index is 1.64. The van der Waals surface area contributed by atoms with E-state index in [1.54, 1.807) is 17.4 Å². The van der Waals surface area contributed by atoms with Crippen molar-refractivity contribution < 1.29 is 14.1 Å². The average Bonchev–Trinajstić information content (AvgIpc) is 3.02. The molecule has 3 rings (SSSR count). The van der Waals surface area contributed by atoms with E-state index in [1.165, 1.54) is 0 Å². The fraction of sp³-hybridized carbons (Fsp3) is 0.385. The largest absolute Gasteiger partial charge is 0.380 e. The van der Waals surface area contributed by atoms with Crippen molar-refractivity contribution >= 4 is 17.2 Å². The van der Waals surface area contributed by atoms with Gasteiger partial charge in [-0.1, -0.05) is 18.1 Å². The topological polar surface area (TPSA) is 64.4 Å². The molecule has 6 heteroatoms. The fourth-order valence-corrected chi connectivity index (χ4v) is 2.53. The van der Waals surface area contributed by atoms with Crippen molar-refractivity contribution in [2.24, 2.45) is 5.41 Å². The van der Waals surface area contributed by atoms with Gasteiger partial charge < -0.3 is 14.6 Å². The Hall–Kier alpha value is -1.66. The maximum atomic E-state index is 11.9. The first-order chi connectivity index (χ1) is 9.16. The second kappa shape index (κ2) is 4.79. The number of amides is 1. The van der Waals surface area contributed by atoms with Crippen molar-refractivity contribution in [3.8, 4) is 10.6 Å². The molecule has 1 aliphatic rings. The van der Waals surface area contributed by atoms with Gasteiger partial charge in [-0.3, -0.25) is 4.79 Å². The van der Waals surface area contributed by atoms with Gasteiger partial charge in [-0.15, -0.1) is 11.3 Å². The molecular weight excluding hydrogens is 264 g/mol. The molecule has 0 radical (unpaired) electrons. The lowest BCUT2D eigenvalue weighted by molar-refractivity contribution is -0.0978. The zero-order valence-electron chi connectivity index (χ0n) is 10.5. The minimum Gasteiger partial charge on any atom is -0.380 e. The summed E-state index contributed by atoms with van der Waals surface area (Å²) in [6.45, 7) is 4.04. The lowest BCUT2D eigenvalue weighted by Crippen LogP contribution is -2.48. The highest BCUT2D eigenvalue weighted by molar-refractivity contribution is 7.13. The summed E-state index contributed by atoms with van der Waals surface area (Å²) in [6, 6.07) is 5.53. The summed E-state index contributed by atoms with van der Waals surface area (Å²) in [5.74, 6) is 0.415. The molecule has 0 bridgehead atoms. The van der Waals surface area contributed by atoms with Crippen LogP contribution in [0.5, 0.6) is 0 Å². The van der Waals surface area contributed by atoms with Crippen molar-refractivity contribution in [3.05, 3.63) is 29.3 Å². The molecule has 0 atom stereocenters. The number of carbonyl (C=O) groups excluding carboxylic acids is 1. The number of carbonyl (C=O) groups is 1. The normalized spacial score (nSPS) is 16.9. The molecule has 3 heterocycles. The summed E-state index contributed by atoms with van der Waals surface area (Å²) in [6.07, 6.45) is 0. The zero-order chi connectivity index (χ0) is 13.3. The third-order valence-electron chi connectivity index (χ3n) is 3.08. The summed E-state index contributed by atoms with van der Waals surface area (Å²) in [4.78, 5) is 12.9. The van der Waals surface area contributed by atoms with Crippen molar-refractivity contribution in [1.82, 2.24) is 10.5 Å². The molecule has 0 unspecified atom stereocenters. The molecule has 2 aromatic heterocycles.